The van der Waals surface area contributed by atoms with E-state index in [9.17, 15) is 9.59 Å². The van der Waals surface area contributed by atoms with Crippen molar-refractivity contribution < 1.29 is 14.3 Å². The second-order valence-electron chi connectivity index (χ2n) is 6.76. The van der Waals surface area contributed by atoms with E-state index in [1.54, 1.807) is 31.4 Å². The standard InChI is InChI=1S/C24H24N2O3/c1-17(19-6-4-3-5-7-19)25-24(28)20-10-12-21(13-11-20)26-23(27)16-18-8-14-22(29-2)15-9-18/h3-15,17H,16H2,1-2H3,(H,25,28)(H,26,27). The molecule has 148 valence electrons. The number of benzene rings is 3. The third kappa shape index (κ3) is 5.69. The van der Waals surface area contributed by atoms with E-state index >= 15 is 0 Å². The maximum atomic E-state index is 12.4. The van der Waals surface area contributed by atoms with Gasteiger partial charge >= 0.3 is 0 Å². The fourth-order valence-corrected chi connectivity index (χ4v) is 2.94. The Morgan fingerprint density at radius 2 is 1.55 bits per heavy atom. The highest BCUT2D eigenvalue weighted by atomic mass is 16.5. The van der Waals surface area contributed by atoms with Crippen molar-refractivity contribution in [1.29, 1.82) is 0 Å². The van der Waals surface area contributed by atoms with E-state index in [2.05, 4.69) is 10.6 Å². The molecule has 0 saturated carbocycles. The molecule has 0 bridgehead atoms. The van der Waals surface area contributed by atoms with Gasteiger partial charge in [0.05, 0.1) is 19.6 Å². The van der Waals surface area contributed by atoms with E-state index < -0.39 is 0 Å². The zero-order valence-electron chi connectivity index (χ0n) is 16.5. The van der Waals surface area contributed by atoms with Crippen LogP contribution in [0.15, 0.2) is 78.9 Å². The molecular formula is C24H24N2O3. The van der Waals surface area contributed by atoms with Crippen LogP contribution in [0.3, 0.4) is 0 Å². The molecule has 1 unspecified atom stereocenters. The predicted octanol–water partition coefficient (Wildman–Crippen LogP) is 4.37. The Morgan fingerprint density at radius 1 is 0.897 bits per heavy atom. The van der Waals surface area contributed by atoms with Crippen LogP contribution >= 0.6 is 0 Å². The highest BCUT2D eigenvalue weighted by molar-refractivity contribution is 5.96. The van der Waals surface area contributed by atoms with Gasteiger partial charge in [-0.1, -0.05) is 42.5 Å². The normalized spacial score (nSPS) is 11.4. The van der Waals surface area contributed by atoms with Crippen molar-refractivity contribution in [1.82, 2.24) is 5.32 Å². The van der Waals surface area contributed by atoms with E-state index in [1.165, 1.54) is 0 Å². The van der Waals surface area contributed by atoms with Crippen LogP contribution in [-0.4, -0.2) is 18.9 Å². The fourth-order valence-electron chi connectivity index (χ4n) is 2.94. The third-order valence-electron chi connectivity index (χ3n) is 4.60. The van der Waals surface area contributed by atoms with E-state index in [4.69, 9.17) is 4.74 Å². The first-order chi connectivity index (χ1) is 14.0. The third-order valence-corrected chi connectivity index (χ3v) is 4.60. The van der Waals surface area contributed by atoms with E-state index in [1.807, 2.05) is 61.5 Å². The van der Waals surface area contributed by atoms with Crippen LogP contribution in [0, 0.1) is 0 Å². The van der Waals surface area contributed by atoms with Gasteiger partial charge in [0.1, 0.15) is 5.75 Å². The molecule has 0 aliphatic heterocycles. The summed E-state index contributed by atoms with van der Waals surface area (Å²) in [5.74, 6) is 0.479. The summed E-state index contributed by atoms with van der Waals surface area (Å²) < 4.78 is 5.12. The van der Waals surface area contributed by atoms with Crippen molar-refractivity contribution in [3.63, 3.8) is 0 Å². The zero-order valence-corrected chi connectivity index (χ0v) is 16.5. The number of ether oxygens (including phenoxy) is 1. The lowest BCUT2D eigenvalue weighted by Crippen LogP contribution is -2.26. The maximum Gasteiger partial charge on any atom is 0.251 e. The first-order valence-corrected chi connectivity index (χ1v) is 9.44. The Kier molecular flexibility index (Phi) is 6.63. The van der Waals surface area contributed by atoms with Crippen LogP contribution in [0.5, 0.6) is 5.75 Å². The number of hydrogen-bond acceptors (Lipinski definition) is 3. The summed E-state index contributed by atoms with van der Waals surface area (Å²) in [7, 11) is 1.61. The molecule has 0 fully saturated rings. The first kappa shape index (κ1) is 20.1. The molecule has 3 aromatic rings. The number of amides is 2. The van der Waals surface area contributed by atoms with Crippen molar-refractivity contribution in [3.8, 4) is 5.75 Å². The molecule has 0 saturated heterocycles. The van der Waals surface area contributed by atoms with Crippen molar-refractivity contribution in [3.05, 3.63) is 95.6 Å². The lowest BCUT2D eigenvalue weighted by molar-refractivity contribution is -0.115. The molecular weight excluding hydrogens is 364 g/mol. The molecule has 0 heterocycles. The average Bonchev–Trinajstić information content (AvgIpc) is 2.75. The number of carbonyl (C=O) groups excluding carboxylic acids is 2. The van der Waals surface area contributed by atoms with Gasteiger partial charge in [-0.2, -0.15) is 0 Å². The SMILES string of the molecule is COc1ccc(CC(=O)Nc2ccc(C(=O)NC(C)c3ccccc3)cc2)cc1. The molecule has 0 spiro atoms. The van der Waals surface area contributed by atoms with Gasteiger partial charge in [0, 0.05) is 11.3 Å². The van der Waals surface area contributed by atoms with Crippen molar-refractivity contribution in [2.24, 2.45) is 0 Å². The van der Waals surface area contributed by atoms with Gasteiger partial charge < -0.3 is 15.4 Å². The van der Waals surface area contributed by atoms with E-state index in [0.717, 1.165) is 16.9 Å². The lowest BCUT2D eigenvalue weighted by atomic mass is 10.1. The maximum absolute atomic E-state index is 12.4. The van der Waals surface area contributed by atoms with Crippen LogP contribution in [-0.2, 0) is 11.2 Å². The molecule has 1 atom stereocenters. The molecule has 2 amide bonds. The summed E-state index contributed by atoms with van der Waals surface area (Å²) in [6, 6.07) is 23.9. The zero-order chi connectivity index (χ0) is 20.6. The molecule has 0 aromatic heterocycles. The molecule has 5 heteroatoms. The monoisotopic (exact) mass is 388 g/mol. The van der Waals surface area contributed by atoms with Crippen LogP contribution in [0.25, 0.3) is 0 Å². The highest BCUT2D eigenvalue weighted by Crippen LogP contribution is 2.15. The Balaban J connectivity index is 1.54. The Morgan fingerprint density at radius 3 is 2.17 bits per heavy atom. The van der Waals surface area contributed by atoms with Crippen LogP contribution in [0.4, 0.5) is 5.69 Å². The fraction of sp³-hybridized carbons (Fsp3) is 0.167. The quantitative estimate of drug-likeness (QED) is 0.632. The van der Waals surface area contributed by atoms with Crippen LogP contribution in [0.1, 0.15) is 34.5 Å². The van der Waals surface area contributed by atoms with Gasteiger partial charge in [-0.3, -0.25) is 9.59 Å². The number of carbonyl (C=O) groups is 2. The summed E-state index contributed by atoms with van der Waals surface area (Å²) in [6.07, 6.45) is 0.265. The lowest BCUT2D eigenvalue weighted by Gasteiger charge is -2.14. The average molecular weight is 388 g/mol. The van der Waals surface area contributed by atoms with E-state index in [-0.39, 0.29) is 24.3 Å². The predicted molar refractivity (Wildman–Crippen MR) is 114 cm³/mol. The summed E-state index contributed by atoms with van der Waals surface area (Å²) in [5.41, 5.74) is 3.13. The van der Waals surface area contributed by atoms with E-state index in [0.29, 0.717) is 11.3 Å². The Hall–Kier alpha value is -3.60. The van der Waals surface area contributed by atoms with Gasteiger partial charge in [0.2, 0.25) is 5.91 Å². The topological polar surface area (TPSA) is 67.4 Å². The Bertz CT molecular complexity index is 952. The van der Waals surface area contributed by atoms with Gasteiger partial charge in [-0.05, 0) is 54.4 Å². The van der Waals surface area contributed by atoms with Gasteiger partial charge in [0.25, 0.3) is 5.91 Å². The molecule has 3 aromatic carbocycles. The minimum absolute atomic E-state index is 0.0902. The van der Waals surface area contributed by atoms with Crippen molar-refractivity contribution >= 4 is 17.5 Å². The summed E-state index contributed by atoms with van der Waals surface area (Å²) >= 11 is 0. The molecule has 5 nitrogen and oxygen atoms in total. The second kappa shape index (κ2) is 9.55. The summed E-state index contributed by atoms with van der Waals surface area (Å²) in [6.45, 7) is 1.95. The molecule has 3 rings (SSSR count). The molecule has 0 aliphatic rings. The second-order valence-corrected chi connectivity index (χ2v) is 6.76. The number of hydrogen-bond donors (Lipinski definition) is 2. The summed E-state index contributed by atoms with van der Waals surface area (Å²) in [4.78, 5) is 24.7. The van der Waals surface area contributed by atoms with Gasteiger partial charge in [-0.15, -0.1) is 0 Å². The first-order valence-electron chi connectivity index (χ1n) is 9.44. The number of anilines is 1. The van der Waals surface area contributed by atoms with Crippen molar-refractivity contribution in [2.45, 2.75) is 19.4 Å². The molecule has 29 heavy (non-hydrogen) atoms. The van der Waals surface area contributed by atoms with Crippen LogP contribution < -0.4 is 15.4 Å². The number of rotatable bonds is 7. The van der Waals surface area contributed by atoms with Crippen LogP contribution in [0.2, 0.25) is 0 Å². The highest BCUT2D eigenvalue weighted by Gasteiger charge is 2.11. The molecule has 0 aliphatic carbocycles. The van der Waals surface area contributed by atoms with Gasteiger partial charge in [0.15, 0.2) is 0 Å². The largest absolute Gasteiger partial charge is 0.497 e. The number of nitrogens with one attached hydrogen (secondary N) is 2. The minimum atomic E-state index is -0.155. The number of methoxy groups -OCH3 is 1. The molecule has 2 N–H and O–H groups in total. The minimum Gasteiger partial charge on any atom is -0.497 e. The van der Waals surface area contributed by atoms with Gasteiger partial charge in [-0.25, -0.2) is 0 Å². The Labute approximate surface area is 170 Å². The smallest absolute Gasteiger partial charge is 0.251 e. The van der Waals surface area contributed by atoms with Crippen molar-refractivity contribution in [2.75, 3.05) is 12.4 Å². The summed E-state index contributed by atoms with van der Waals surface area (Å²) in [5, 5.41) is 5.83. The molecule has 0 radical (unpaired) electrons.